The molecule has 0 aliphatic carbocycles. The number of ether oxygens (including phenoxy) is 4. The zero-order chi connectivity index (χ0) is 20.8. The second-order valence-electron chi connectivity index (χ2n) is 8.21. The van der Waals surface area contributed by atoms with Crippen LogP contribution in [0.4, 0.5) is 0 Å². The van der Waals surface area contributed by atoms with Crippen LogP contribution in [0, 0.1) is 5.92 Å². The van der Waals surface area contributed by atoms with Crippen molar-refractivity contribution >= 4 is 0 Å². The Hall–Kier alpha value is -2.24. The molecule has 2 aliphatic rings. The number of benzene rings is 2. The van der Waals surface area contributed by atoms with Gasteiger partial charge in [0, 0.05) is 25.3 Å². The lowest BCUT2D eigenvalue weighted by atomic mass is 10.00. The predicted molar refractivity (Wildman–Crippen MR) is 119 cm³/mol. The molecule has 0 saturated carbocycles. The molecule has 2 aromatic carbocycles. The first-order valence-corrected chi connectivity index (χ1v) is 11.1. The Balaban J connectivity index is 1.59. The van der Waals surface area contributed by atoms with E-state index in [0.29, 0.717) is 5.92 Å². The highest BCUT2D eigenvalue weighted by molar-refractivity contribution is 5.78. The fourth-order valence-corrected chi connectivity index (χ4v) is 4.46. The Morgan fingerprint density at radius 1 is 1.00 bits per heavy atom. The zero-order valence-corrected chi connectivity index (χ0v) is 18.2. The number of rotatable bonds is 9. The van der Waals surface area contributed by atoms with Crippen LogP contribution in [0.3, 0.4) is 0 Å². The molecule has 0 N–H and O–H groups in total. The average molecular weight is 412 g/mol. The standard InChI is InChI=1S/C25H33NO4/c1-27-23-6-5-7-24(28-2)25(23)20-8-9-22(30-15-11-19-10-14-29-18-19)21(16-20)17-26-12-3-4-13-26/h5-9,16,19H,3-4,10-15,17-18H2,1-2H3. The molecule has 4 rings (SSSR count). The SMILES string of the molecule is COc1cccc(OC)c1-c1ccc(OCCC2CCOC2)c(CN2CCCC2)c1. The lowest BCUT2D eigenvalue weighted by molar-refractivity contribution is 0.177. The average Bonchev–Trinajstić information content (AvgIpc) is 3.48. The first kappa shape index (κ1) is 21.0. The Morgan fingerprint density at radius 2 is 1.77 bits per heavy atom. The van der Waals surface area contributed by atoms with Crippen molar-refractivity contribution in [2.45, 2.75) is 32.2 Å². The molecule has 0 radical (unpaired) electrons. The molecule has 2 aliphatic heterocycles. The summed E-state index contributed by atoms with van der Waals surface area (Å²) in [7, 11) is 3.40. The molecule has 5 nitrogen and oxygen atoms in total. The summed E-state index contributed by atoms with van der Waals surface area (Å²) in [5.74, 6) is 3.25. The van der Waals surface area contributed by atoms with Crippen LogP contribution in [0.2, 0.25) is 0 Å². The summed E-state index contributed by atoms with van der Waals surface area (Å²) in [4.78, 5) is 2.51. The predicted octanol–water partition coefficient (Wildman–Crippen LogP) is 4.77. The topological polar surface area (TPSA) is 40.2 Å². The van der Waals surface area contributed by atoms with Gasteiger partial charge in [-0.15, -0.1) is 0 Å². The van der Waals surface area contributed by atoms with Gasteiger partial charge < -0.3 is 18.9 Å². The van der Waals surface area contributed by atoms with Crippen molar-refractivity contribution in [1.29, 1.82) is 0 Å². The number of nitrogens with zero attached hydrogens (tertiary/aromatic N) is 1. The maximum absolute atomic E-state index is 6.27. The molecule has 1 unspecified atom stereocenters. The van der Waals surface area contributed by atoms with E-state index in [-0.39, 0.29) is 0 Å². The van der Waals surface area contributed by atoms with E-state index >= 15 is 0 Å². The summed E-state index contributed by atoms with van der Waals surface area (Å²) in [6, 6.07) is 12.4. The second-order valence-corrected chi connectivity index (χ2v) is 8.21. The minimum atomic E-state index is 0.629. The van der Waals surface area contributed by atoms with Gasteiger partial charge in [0.05, 0.1) is 26.4 Å². The Bertz CT molecular complexity index is 804. The van der Waals surface area contributed by atoms with Gasteiger partial charge in [0.1, 0.15) is 17.2 Å². The van der Waals surface area contributed by atoms with E-state index in [9.17, 15) is 0 Å². The summed E-state index contributed by atoms with van der Waals surface area (Å²) in [5.41, 5.74) is 3.31. The van der Waals surface area contributed by atoms with Crippen LogP contribution in [0.5, 0.6) is 17.2 Å². The van der Waals surface area contributed by atoms with Crippen molar-refractivity contribution in [3.8, 4) is 28.4 Å². The van der Waals surface area contributed by atoms with Crippen molar-refractivity contribution in [2.24, 2.45) is 5.92 Å². The van der Waals surface area contributed by atoms with Crippen LogP contribution in [0.25, 0.3) is 11.1 Å². The van der Waals surface area contributed by atoms with Crippen LogP contribution >= 0.6 is 0 Å². The number of hydrogen-bond acceptors (Lipinski definition) is 5. The molecule has 0 amide bonds. The molecular formula is C25H33NO4. The summed E-state index contributed by atoms with van der Waals surface area (Å²) >= 11 is 0. The van der Waals surface area contributed by atoms with Crippen molar-refractivity contribution in [3.05, 3.63) is 42.0 Å². The van der Waals surface area contributed by atoms with E-state index in [0.717, 1.165) is 80.7 Å². The highest BCUT2D eigenvalue weighted by Gasteiger charge is 2.19. The van der Waals surface area contributed by atoms with Gasteiger partial charge in [-0.25, -0.2) is 0 Å². The van der Waals surface area contributed by atoms with Gasteiger partial charge in [-0.05, 0) is 74.5 Å². The van der Waals surface area contributed by atoms with Crippen molar-refractivity contribution in [1.82, 2.24) is 4.90 Å². The molecule has 2 fully saturated rings. The minimum Gasteiger partial charge on any atom is -0.496 e. The minimum absolute atomic E-state index is 0.629. The first-order chi connectivity index (χ1) is 14.8. The highest BCUT2D eigenvalue weighted by Crippen LogP contribution is 2.40. The van der Waals surface area contributed by atoms with E-state index in [1.807, 2.05) is 18.2 Å². The highest BCUT2D eigenvalue weighted by atomic mass is 16.5. The number of methoxy groups -OCH3 is 2. The Labute approximate surface area is 179 Å². The van der Waals surface area contributed by atoms with E-state index in [1.165, 1.54) is 18.4 Å². The zero-order valence-electron chi connectivity index (χ0n) is 18.2. The van der Waals surface area contributed by atoms with Crippen LogP contribution in [0.1, 0.15) is 31.2 Å². The molecular weight excluding hydrogens is 378 g/mol. The summed E-state index contributed by atoms with van der Waals surface area (Å²) in [6.45, 7) is 5.71. The number of likely N-dealkylation sites (tertiary alicyclic amines) is 1. The normalized spacial score (nSPS) is 19.2. The Morgan fingerprint density at radius 3 is 2.43 bits per heavy atom. The van der Waals surface area contributed by atoms with Crippen molar-refractivity contribution in [3.63, 3.8) is 0 Å². The lowest BCUT2D eigenvalue weighted by Gasteiger charge is -2.20. The third-order valence-electron chi connectivity index (χ3n) is 6.18. The summed E-state index contributed by atoms with van der Waals surface area (Å²) in [6.07, 6.45) is 4.75. The molecule has 2 aromatic rings. The quantitative estimate of drug-likeness (QED) is 0.594. The molecule has 1 atom stereocenters. The molecule has 0 aromatic heterocycles. The van der Waals surface area contributed by atoms with Gasteiger partial charge in [0.25, 0.3) is 0 Å². The van der Waals surface area contributed by atoms with Gasteiger partial charge in [-0.1, -0.05) is 12.1 Å². The second kappa shape index (κ2) is 10.2. The van der Waals surface area contributed by atoms with E-state index in [4.69, 9.17) is 18.9 Å². The maximum atomic E-state index is 6.27. The van der Waals surface area contributed by atoms with Crippen molar-refractivity contribution < 1.29 is 18.9 Å². The molecule has 0 bridgehead atoms. The first-order valence-electron chi connectivity index (χ1n) is 11.1. The third-order valence-corrected chi connectivity index (χ3v) is 6.18. The van der Waals surface area contributed by atoms with Gasteiger partial charge in [-0.2, -0.15) is 0 Å². The molecule has 0 spiro atoms. The van der Waals surface area contributed by atoms with Crippen molar-refractivity contribution in [2.75, 3.05) is 47.1 Å². The van der Waals surface area contributed by atoms with Crippen LogP contribution < -0.4 is 14.2 Å². The summed E-state index contributed by atoms with van der Waals surface area (Å²) < 4.78 is 23.0. The van der Waals surface area contributed by atoms with Crippen LogP contribution in [-0.2, 0) is 11.3 Å². The van der Waals surface area contributed by atoms with Crippen LogP contribution in [0.15, 0.2) is 36.4 Å². The molecule has 2 saturated heterocycles. The van der Waals surface area contributed by atoms with Gasteiger partial charge >= 0.3 is 0 Å². The monoisotopic (exact) mass is 411 g/mol. The van der Waals surface area contributed by atoms with E-state index in [2.05, 4.69) is 23.1 Å². The largest absolute Gasteiger partial charge is 0.496 e. The smallest absolute Gasteiger partial charge is 0.130 e. The van der Waals surface area contributed by atoms with E-state index < -0.39 is 0 Å². The van der Waals surface area contributed by atoms with Gasteiger partial charge in [0.15, 0.2) is 0 Å². The molecule has 30 heavy (non-hydrogen) atoms. The third kappa shape index (κ3) is 4.90. The molecule has 162 valence electrons. The number of hydrogen-bond donors (Lipinski definition) is 0. The Kier molecular flexibility index (Phi) is 7.13. The van der Waals surface area contributed by atoms with Gasteiger partial charge in [0.2, 0.25) is 0 Å². The fraction of sp³-hybridized carbons (Fsp3) is 0.520. The van der Waals surface area contributed by atoms with Crippen LogP contribution in [-0.4, -0.2) is 52.0 Å². The lowest BCUT2D eigenvalue weighted by Crippen LogP contribution is -2.19. The maximum Gasteiger partial charge on any atom is 0.130 e. The van der Waals surface area contributed by atoms with Gasteiger partial charge in [-0.3, -0.25) is 4.90 Å². The fourth-order valence-electron chi connectivity index (χ4n) is 4.46. The molecule has 2 heterocycles. The van der Waals surface area contributed by atoms with E-state index in [1.54, 1.807) is 14.2 Å². The summed E-state index contributed by atoms with van der Waals surface area (Å²) in [5, 5.41) is 0. The molecule has 5 heteroatoms.